The van der Waals surface area contributed by atoms with Gasteiger partial charge in [-0.3, -0.25) is 9.78 Å². The van der Waals surface area contributed by atoms with Crippen molar-refractivity contribution in [1.82, 2.24) is 20.1 Å². The molecule has 0 fully saturated rings. The Morgan fingerprint density at radius 2 is 2.05 bits per heavy atom. The highest BCUT2D eigenvalue weighted by Crippen LogP contribution is 2.19. The summed E-state index contributed by atoms with van der Waals surface area (Å²) in [5.74, 6) is -0.247. The standard InChI is InChI=1S/C15H18F2N4O/c1-9-5-4-6-12(19-9)8-18-14(22)7-13-10(2)20-21(11(13)3)15(16)17/h4-6,15H,7-8H2,1-3H3,(H,18,22). The lowest BCUT2D eigenvalue weighted by atomic mass is 10.1. The van der Waals surface area contributed by atoms with Crippen molar-refractivity contribution in [3.05, 3.63) is 46.5 Å². The Labute approximate surface area is 127 Å². The largest absolute Gasteiger partial charge is 0.350 e. The Bertz CT molecular complexity index is 682. The second kappa shape index (κ2) is 6.64. The number of hydrogen-bond donors (Lipinski definition) is 1. The number of hydrogen-bond acceptors (Lipinski definition) is 3. The normalized spacial score (nSPS) is 11.0. The number of aryl methyl sites for hydroxylation is 2. The highest BCUT2D eigenvalue weighted by Gasteiger charge is 2.19. The van der Waals surface area contributed by atoms with Gasteiger partial charge in [0.1, 0.15) is 0 Å². The van der Waals surface area contributed by atoms with Crippen molar-refractivity contribution in [1.29, 1.82) is 0 Å². The van der Waals surface area contributed by atoms with E-state index in [2.05, 4.69) is 15.4 Å². The third kappa shape index (κ3) is 3.66. The highest BCUT2D eigenvalue weighted by molar-refractivity contribution is 5.79. The quantitative estimate of drug-likeness (QED) is 0.923. The molecule has 2 aromatic rings. The Kier molecular flexibility index (Phi) is 4.85. The van der Waals surface area contributed by atoms with Crippen molar-refractivity contribution in [2.45, 2.75) is 40.3 Å². The van der Waals surface area contributed by atoms with Gasteiger partial charge in [-0.2, -0.15) is 13.9 Å². The summed E-state index contributed by atoms with van der Waals surface area (Å²) in [4.78, 5) is 16.3. The number of nitrogens with zero attached hydrogens (tertiary/aromatic N) is 3. The van der Waals surface area contributed by atoms with E-state index in [4.69, 9.17) is 0 Å². The molecular formula is C15H18F2N4O. The van der Waals surface area contributed by atoms with Gasteiger partial charge in [-0.25, -0.2) is 4.68 Å². The van der Waals surface area contributed by atoms with Gasteiger partial charge in [0.25, 0.3) is 0 Å². The van der Waals surface area contributed by atoms with Crippen molar-refractivity contribution in [2.75, 3.05) is 0 Å². The molecule has 0 spiro atoms. The summed E-state index contributed by atoms with van der Waals surface area (Å²) in [5.41, 5.74) is 2.93. The predicted molar refractivity (Wildman–Crippen MR) is 77.5 cm³/mol. The van der Waals surface area contributed by atoms with Gasteiger partial charge in [0, 0.05) is 17.0 Å². The first kappa shape index (κ1) is 16.1. The number of pyridine rings is 1. The summed E-state index contributed by atoms with van der Waals surface area (Å²) < 4.78 is 26.2. The number of amides is 1. The van der Waals surface area contributed by atoms with Crippen LogP contribution in [0.25, 0.3) is 0 Å². The molecule has 118 valence electrons. The van der Waals surface area contributed by atoms with Gasteiger partial charge in [-0.1, -0.05) is 6.07 Å². The monoisotopic (exact) mass is 308 g/mol. The van der Waals surface area contributed by atoms with Crippen LogP contribution >= 0.6 is 0 Å². The van der Waals surface area contributed by atoms with E-state index in [0.29, 0.717) is 28.2 Å². The molecule has 0 saturated carbocycles. The summed E-state index contributed by atoms with van der Waals surface area (Å²) >= 11 is 0. The second-order valence-corrected chi connectivity index (χ2v) is 5.10. The molecule has 0 aliphatic rings. The molecule has 7 heteroatoms. The molecule has 2 heterocycles. The van der Waals surface area contributed by atoms with Crippen molar-refractivity contribution in [3.63, 3.8) is 0 Å². The van der Waals surface area contributed by atoms with Gasteiger partial charge < -0.3 is 5.32 Å². The Balaban J connectivity index is 2.01. The highest BCUT2D eigenvalue weighted by atomic mass is 19.3. The van der Waals surface area contributed by atoms with Gasteiger partial charge in [-0.05, 0) is 32.9 Å². The average molecular weight is 308 g/mol. The number of halogens is 2. The molecular weight excluding hydrogens is 290 g/mol. The lowest BCUT2D eigenvalue weighted by Crippen LogP contribution is -2.25. The molecule has 2 rings (SSSR count). The molecule has 0 atom stereocenters. The minimum atomic E-state index is -2.70. The van der Waals surface area contributed by atoms with E-state index in [9.17, 15) is 13.6 Å². The fraction of sp³-hybridized carbons (Fsp3) is 0.400. The van der Waals surface area contributed by atoms with Crippen molar-refractivity contribution in [3.8, 4) is 0 Å². The van der Waals surface area contributed by atoms with Gasteiger partial charge in [0.15, 0.2) is 0 Å². The second-order valence-electron chi connectivity index (χ2n) is 5.10. The third-order valence-electron chi connectivity index (χ3n) is 3.41. The van der Waals surface area contributed by atoms with Gasteiger partial charge in [0.05, 0.1) is 24.4 Å². The Morgan fingerprint density at radius 3 is 2.64 bits per heavy atom. The first-order valence-electron chi connectivity index (χ1n) is 6.90. The summed E-state index contributed by atoms with van der Waals surface area (Å²) in [6.07, 6.45) is 0.0240. The maximum Gasteiger partial charge on any atom is 0.333 e. The molecule has 1 N–H and O–H groups in total. The first-order valence-corrected chi connectivity index (χ1v) is 6.90. The minimum absolute atomic E-state index is 0.0240. The van der Waals surface area contributed by atoms with Crippen molar-refractivity contribution in [2.24, 2.45) is 0 Å². The molecule has 0 aromatic carbocycles. The maximum absolute atomic E-state index is 12.8. The molecule has 1 amide bonds. The molecule has 2 aromatic heterocycles. The summed E-state index contributed by atoms with van der Waals surface area (Å²) in [5, 5.41) is 6.51. The number of rotatable bonds is 5. The number of aromatic nitrogens is 3. The zero-order valence-corrected chi connectivity index (χ0v) is 12.7. The molecule has 0 bridgehead atoms. The van der Waals surface area contributed by atoms with E-state index in [1.807, 2.05) is 25.1 Å². The Hall–Kier alpha value is -2.31. The molecule has 0 radical (unpaired) electrons. The van der Waals surface area contributed by atoms with Crippen LogP contribution in [0, 0.1) is 20.8 Å². The van der Waals surface area contributed by atoms with Crippen LogP contribution in [0.3, 0.4) is 0 Å². The maximum atomic E-state index is 12.8. The molecule has 0 aliphatic carbocycles. The van der Waals surface area contributed by atoms with Crippen LogP contribution in [0.2, 0.25) is 0 Å². The lowest BCUT2D eigenvalue weighted by Gasteiger charge is -2.06. The summed E-state index contributed by atoms with van der Waals surface area (Å²) in [6.45, 7) is 2.64. The number of nitrogens with one attached hydrogen (secondary N) is 1. The molecule has 0 aliphatic heterocycles. The fourth-order valence-corrected chi connectivity index (χ4v) is 2.25. The average Bonchev–Trinajstić information content (AvgIpc) is 2.73. The minimum Gasteiger partial charge on any atom is -0.350 e. The number of alkyl halides is 2. The Morgan fingerprint density at radius 1 is 1.32 bits per heavy atom. The van der Waals surface area contributed by atoms with Crippen LogP contribution < -0.4 is 5.32 Å². The zero-order valence-electron chi connectivity index (χ0n) is 12.7. The van der Waals surface area contributed by atoms with E-state index in [1.165, 1.54) is 6.92 Å². The smallest absolute Gasteiger partial charge is 0.333 e. The number of carbonyl (C=O) groups is 1. The van der Waals surface area contributed by atoms with E-state index < -0.39 is 6.55 Å². The molecule has 5 nitrogen and oxygen atoms in total. The van der Waals surface area contributed by atoms with Crippen LogP contribution in [0.4, 0.5) is 8.78 Å². The zero-order chi connectivity index (χ0) is 16.3. The first-order chi connectivity index (χ1) is 10.4. The van der Waals surface area contributed by atoms with Crippen LogP contribution in [0.1, 0.15) is 34.9 Å². The topological polar surface area (TPSA) is 59.8 Å². The van der Waals surface area contributed by atoms with E-state index >= 15 is 0 Å². The molecule has 22 heavy (non-hydrogen) atoms. The van der Waals surface area contributed by atoms with Crippen LogP contribution in [-0.4, -0.2) is 20.7 Å². The van der Waals surface area contributed by atoms with Crippen LogP contribution in [0.15, 0.2) is 18.2 Å². The predicted octanol–water partition coefficient (Wildman–Crippen LogP) is 2.46. The van der Waals surface area contributed by atoms with Crippen molar-refractivity contribution >= 4 is 5.91 Å². The molecule has 0 saturated heterocycles. The summed E-state index contributed by atoms with van der Waals surface area (Å²) in [7, 11) is 0. The van der Waals surface area contributed by atoms with Crippen molar-refractivity contribution < 1.29 is 13.6 Å². The number of carbonyl (C=O) groups excluding carboxylic acids is 1. The van der Waals surface area contributed by atoms with Crippen LogP contribution in [0.5, 0.6) is 0 Å². The molecule has 0 unspecified atom stereocenters. The van der Waals surface area contributed by atoms with Crippen LogP contribution in [-0.2, 0) is 17.8 Å². The van der Waals surface area contributed by atoms with Gasteiger partial charge in [-0.15, -0.1) is 0 Å². The van der Waals surface area contributed by atoms with E-state index in [1.54, 1.807) is 6.92 Å². The fourth-order valence-electron chi connectivity index (χ4n) is 2.25. The van der Waals surface area contributed by atoms with Gasteiger partial charge >= 0.3 is 6.55 Å². The van der Waals surface area contributed by atoms with Gasteiger partial charge in [0.2, 0.25) is 5.91 Å². The third-order valence-corrected chi connectivity index (χ3v) is 3.41. The van der Waals surface area contributed by atoms with E-state index in [0.717, 1.165) is 11.4 Å². The van der Waals surface area contributed by atoms with E-state index in [-0.39, 0.29) is 12.3 Å². The SMILES string of the molecule is Cc1cccc(CNC(=O)Cc2c(C)nn(C(F)F)c2C)n1. The lowest BCUT2D eigenvalue weighted by molar-refractivity contribution is -0.120. The summed E-state index contributed by atoms with van der Waals surface area (Å²) in [6, 6.07) is 5.56.